The Morgan fingerprint density at radius 3 is 2.29 bits per heavy atom. The summed E-state index contributed by atoms with van der Waals surface area (Å²) >= 11 is 5.91. The van der Waals surface area contributed by atoms with Gasteiger partial charge in [0.25, 0.3) is 0 Å². The van der Waals surface area contributed by atoms with Crippen LogP contribution in [0.15, 0.2) is 23.7 Å². The first-order valence-electron chi connectivity index (χ1n) is 6.97. The largest absolute Gasteiger partial charge is 0.491 e. The molecule has 4 nitrogen and oxygen atoms in total. The molecule has 0 unspecified atom stereocenters. The molecule has 1 aliphatic rings. The van der Waals surface area contributed by atoms with E-state index in [9.17, 15) is 0 Å². The van der Waals surface area contributed by atoms with Crippen LogP contribution in [0.1, 0.15) is 33.3 Å². The molecule has 1 fully saturated rings. The van der Waals surface area contributed by atoms with E-state index < -0.39 is 18.3 Å². The zero-order valence-electron chi connectivity index (χ0n) is 12.9. The number of hydrogen-bond acceptors (Lipinski definition) is 4. The SMILES string of the molecule is CC1(C)OB(C(=Cc2ccc(Cl)cc2N)CN)OC1(C)C. The van der Waals surface area contributed by atoms with Crippen molar-refractivity contribution in [3.63, 3.8) is 0 Å². The summed E-state index contributed by atoms with van der Waals surface area (Å²) in [4.78, 5) is 0. The Bertz CT molecular complexity index is 557. The average molecular weight is 309 g/mol. The molecule has 1 saturated heterocycles. The van der Waals surface area contributed by atoms with Crippen LogP contribution >= 0.6 is 11.6 Å². The van der Waals surface area contributed by atoms with Crippen molar-refractivity contribution in [2.45, 2.75) is 38.9 Å². The predicted octanol–water partition coefficient (Wildman–Crippen LogP) is 2.90. The van der Waals surface area contributed by atoms with Crippen molar-refractivity contribution in [1.82, 2.24) is 0 Å². The molecule has 0 spiro atoms. The van der Waals surface area contributed by atoms with Crippen LogP contribution in [0.5, 0.6) is 0 Å². The van der Waals surface area contributed by atoms with Gasteiger partial charge in [0.15, 0.2) is 0 Å². The maximum Gasteiger partial charge on any atom is 0.491 e. The fourth-order valence-electron chi connectivity index (χ4n) is 2.09. The molecule has 1 aromatic rings. The summed E-state index contributed by atoms with van der Waals surface area (Å²) in [6.07, 6.45) is 1.91. The van der Waals surface area contributed by atoms with Gasteiger partial charge in [-0.3, -0.25) is 0 Å². The summed E-state index contributed by atoms with van der Waals surface area (Å²) in [6, 6.07) is 5.37. The van der Waals surface area contributed by atoms with Gasteiger partial charge in [-0.2, -0.15) is 0 Å². The minimum atomic E-state index is -0.463. The number of halogens is 1. The first-order chi connectivity index (χ1) is 9.66. The molecule has 114 valence electrons. The van der Waals surface area contributed by atoms with Crippen LogP contribution in [0.4, 0.5) is 5.69 Å². The van der Waals surface area contributed by atoms with E-state index in [4.69, 9.17) is 32.4 Å². The Morgan fingerprint density at radius 1 is 1.24 bits per heavy atom. The molecular formula is C15H22BClN2O2. The lowest BCUT2D eigenvalue weighted by atomic mass is 9.77. The number of anilines is 1. The van der Waals surface area contributed by atoms with Gasteiger partial charge >= 0.3 is 7.12 Å². The van der Waals surface area contributed by atoms with Crippen molar-refractivity contribution in [2.75, 3.05) is 12.3 Å². The molecule has 1 aliphatic heterocycles. The summed E-state index contributed by atoms with van der Waals surface area (Å²) in [6.45, 7) is 8.38. The predicted molar refractivity (Wildman–Crippen MR) is 89.0 cm³/mol. The fourth-order valence-corrected chi connectivity index (χ4v) is 2.27. The highest BCUT2D eigenvalue weighted by Gasteiger charge is 2.52. The van der Waals surface area contributed by atoms with Gasteiger partial charge in [0.05, 0.1) is 11.2 Å². The third-order valence-corrected chi connectivity index (χ3v) is 4.42. The Hall–Kier alpha value is -1.01. The van der Waals surface area contributed by atoms with E-state index in [1.165, 1.54) is 0 Å². The van der Waals surface area contributed by atoms with Crippen molar-refractivity contribution >= 4 is 30.5 Å². The summed E-state index contributed by atoms with van der Waals surface area (Å²) in [5.41, 5.74) is 13.4. The molecule has 6 heteroatoms. The maximum absolute atomic E-state index is 6.02. The number of benzene rings is 1. The summed E-state index contributed by atoms with van der Waals surface area (Å²) in [5.74, 6) is 0. The van der Waals surface area contributed by atoms with Gasteiger partial charge < -0.3 is 20.8 Å². The molecule has 21 heavy (non-hydrogen) atoms. The van der Waals surface area contributed by atoms with Gasteiger partial charge in [0.2, 0.25) is 0 Å². The quantitative estimate of drug-likeness (QED) is 0.665. The smallest absolute Gasteiger partial charge is 0.400 e. The molecule has 4 N–H and O–H groups in total. The Morgan fingerprint density at radius 2 is 1.81 bits per heavy atom. The van der Waals surface area contributed by atoms with E-state index >= 15 is 0 Å². The highest BCUT2D eigenvalue weighted by atomic mass is 35.5. The van der Waals surface area contributed by atoms with Crippen LogP contribution in [0, 0.1) is 0 Å². The number of nitrogens with two attached hydrogens (primary N) is 2. The second-order valence-electron chi connectivity index (χ2n) is 6.28. The second kappa shape index (κ2) is 5.65. The first kappa shape index (κ1) is 16.4. The zero-order valence-corrected chi connectivity index (χ0v) is 13.7. The Kier molecular flexibility index (Phi) is 4.40. The molecule has 0 aromatic heterocycles. The third kappa shape index (κ3) is 3.26. The summed E-state index contributed by atoms with van der Waals surface area (Å²) in [5, 5.41) is 0.606. The topological polar surface area (TPSA) is 70.5 Å². The first-order valence-corrected chi connectivity index (χ1v) is 7.35. The van der Waals surface area contributed by atoms with Crippen LogP contribution < -0.4 is 11.5 Å². The van der Waals surface area contributed by atoms with Crippen molar-refractivity contribution < 1.29 is 9.31 Å². The molecule has 0 amide bonds. The van der Waals surface area contributed by atoms with Crippen molar-refractivity contribution in [2.24, 2.45) is 5.73 Å². The maximum atomic E-state index is 6.02. The Labute approximate surface area is 131 Å². The van der Waals surface area contributed by atoms with E-state index in [1.54, 1.807) is 12.1 Å². The van der Waals surface area contributed by atoms with Crippen molar-refractivity contribution in [3.8, 4) is 0 Å². The van der Waals surface area contributed by atoms with Gasteiger partial charge in [-0.1, -0.05) is 23.7 Å². The highest BCUT2D eigenvalue weighted by Crippen LogP contribution is 2.38. The minimum absolute atomic E-state index is 0.332. The fraction of sp³-hybridized carbons (Fsp3) is 0.467. The minimum Gasteiger partial charge on any atom is -0.400 e. The molecular weight excluding hydrogens is 286 g/mol. The lowest BCUT2D eigenvalue weighted by Gasteiger charge is -2.32. The van der Waals surface area contributed by atoms with E-state index in [-0.39, 0.29) is 0 Å². The van der Waals surface area contributed by atoms with E-state index in [0.29, 0.717) is 17.3 Å². The Balaban J connectivity index is 2.31. The third-order valence-electron chi connectivity index (χ3n) is 4.18. The molecule has 0 bridgehead atoms. The van der Waals surface area contributed by atoms with Gasteiger partial charge in [0.1, 0.15) is 0 Å². The van der Waals surface area contributed by atoms with E-state index in [1.807, 2.05) is 39.8 Å². The van der Waals surface area contributed by atoms with Gasteiger partial charge in [-0.25, -0.2) is 0 Å². The van der Waals surface area contributed by atoms with Crippen LogP contribution in [0.2, 0.25) is 5.02 Å². The van der Waals surface area contributed by atoms with Crippen LogP contribution in [-0.2, 0) is 9.31 Å². The molecule has 1 aromatic carbocycles. The summed E-state index contributed by atoms with van der Waals surface area (Å²) in [7, 11) is -0.463. The normalized spacial score (nSPS) is 20.9. The molecule has 2 rings (SSSR count). The number of nitrogen functional groups attached to an aromatic ring is 1. The van der Waals surface area contributed by atoms with Gasteiger partial charge in [-0.05, 0) is 50.9 Å². The van der Waals surface area contributed by atoms with Gasteiger partial charge in [-0.15, -0.1) is 0 Å². The second-order valence-corrected chi connectivity index (χ2v) is 6.72. The van der Waals surface area contributed by atoms with Crippen molar-refractivity contribution in [1.29, 1.82) is 0 Å². The van der Waals surface area contributed by atoms with Crippen LogP contribution in [-0.4, -0.2) is 24.9 Å². The lowest BCUT2D eigenvalue weighted by molar-refractivity contribution is 0.00578. The monoisotopic (exact) mass is 308 g/mol. The lowest BCUT2D eigenvalue weighted by Crippen LogP contribution is -2.41. The molecule has 0 radical (unpaired) electrons. The average Bonchev–Trinajstić information content (AvgIpc) is 2.57. The standard InChI is InChI=1S/C15H22BClN2O2/c1-14(2)15(3,4)21-16(20-14)11(9-18)7-10-5-6-12(17)8-13(10)19/h5-8H,9,18-19H2,1-4H3. The number of hydrogen-bond donors (Lipinski definition) is 2. The molecule has 0 saturated carbocycles. The van der Waals surface area contributed by atoms with E-state index in [2.05, 4.69) is 0 Å². The van der Waals surface area contributed by atoms with Gasteiger partial charge in [0, 0.05) is 17.3 Å². The molecule has 0 aliphatic carbocycles. The highest BCUT2D eigenvalue weighted by molar-refractivity contribution is 6.56. The van der Waals surface area contributed by atoms with Crippen LogP contribution in [0.3, 0.4) is 0 Å². The van der Waals surface area contributed by atoms with Crippen molar-refractivity contribution in [3.05, 3.63) is 34.3 Å². The van der Waals surface area contributed by atoms with Crippen LogP contribution in [0.25, 0.3) is 6.08 Å². The number of rotatable bonds is 3. The molecule has 1 heterocycles. The van der Waals surface area contributed by atoms with E-state index in [0.717, 1.165) is 11.0 Å². The summed E-state index contributed by atoms with van der Waals surface area (Å²) < 4.78 is 12.0. The molecule has 0 atom stereocenters. The zero-order chi connectivity index (χ0) is 15.8.